The quantitative estimate of drug-likeness (QED) is 0.187. The van der Waals surface area contributed by atoms with Gasteiger partial charge in [-0.15, -0.1) is 0 Å². The number of ketones is 1. The Morgan fingerprint density at radius 1 is 0.877 bits per heavy atom. The minimum Gasteiger partial charge on any atom is -0.371 e. The molecule has 3 saturated heterocycles. The third-order valence-corrected chi connectivity index (χ3v) is 12.2. The first-order valence-electron chi connectivity index (χ1n) is 19.9. The summed E-state index contributed by atoms with van der Waals surface area (Å²) in [6, 6.07) is 9.84. The maximum atomic E-state index is 13.7. The van der Waals surface area contributed by atoms with Crippen molar-refractivity contribution in [3.05, 3.63) is 75.8 Å². The van der Waals surface area contributed by atoms with Gasteiger partial charge in [0, 0.05) is 69.9 Å². The summed E-state index contributed by atoms with van der Waals surface area (Å²) in [6.07, 6.45) is 8.47. The van der Waals surface area contributed by atoms with Crippen LogP contribution in [0.25, 0.3) is 11.0 Å². The Bertz CT molecular complexity index is 2370. The molecular formula is C41H44N10O6. The molecule has 16 heteroatoms. The van der Waals surface area contributed by atoms with Gasteiger partial charge in [0.2, 0.25) is 17.8 Å². The fraction of sp³-hybridized carbons (Fsp3) is 0.439. The topological polar surface area (TPSA) is 183 Å². The van der Waals surface area contributed by atoms with E-state index in [2.05, 4.69) is 35.3 Å². The number of hydrogen-bond acceptors (Lipinski definition) is 13. The fourth-order valence-electron chi connectivity index (χ4n) is 9.21. The number of fused-ring (bicyclic) bond motifs is 2. The van der Waals surface area contributed by atoms with Crippen molar-refractivity contribution in [2.24, 2.45) is 5.92 Å². The number of benzene rings is 1. The maximum Gasteiger partial charge on any atom is 0.264 e. The highest BCUT2D eigenvalue weighted by molar-refractivity contribution is 6.25. The van der Waals surface area contributed by atoms with Crippen molar-refractivity contribution in [1.82, 2.24) is 34.6 Å². The van der Waals surface area contributed by atoms with Gasteiger partial charge in [-0.2, -0.15) is 4.98 Å². The number of imide groups is 2. The van der Waals surface area contributed by atoms with Gasteiger partial charge in [-0.3, -0.25) is 48.5 Å². The standard InChI is InChI=1S/C41H44N10O6/c1-24(52)30-19-26-20-43-41(46-36(26)50(39(30)56)27-5-2-3-6-27)44-33-11-9-28(21-42-33)48-17-15-47(16-18-48)22-25-13-14-49(23-25)31-8-4-7-29-35(31)40(57)51(38(29)55)32-10-12-34(53)45-37(32)54/h4,7-9,11,19-21,25,27,32H,2-3,5-6,10,12-18,22-23H2,1H3,(H,45,53,54)(H,42,43,44,46)/t25-,32?/m1/s1. The molecule has 0 bridgehead atoms. The summed E-state index contributed by atoms with van der Waals surface area (Å²) in [6.45, 7) is 7.33. The molecule has 57 heavy (non-hydrogen) atoms. The Kier molecular flexibility index (Phi) is 9.51. The number of piperazine rings is 1. The van der Waals surface area contributed by atoms with Crippen LogP contribution in [0.1, 0.15) is 89.0 Å². The summed E-state index contributed by atoms with van der Waals surface area (Å²) in [5, 5.41) is 6.10. The van der Waals surface area contributed by atoms with Gasteiger partial charge in [0.15, 0.2) is 5.78 Å². The molecule has 16 nitrogen and oxygen atoms in total. The zero-order valence-corrected chi connectivity index (χ0v) is 31.8. The molecule has 1 aromatic carbocycles. The highest BCUT2D eigenvalue weighted by Gasteiger charge is 2.46. The van der Waals surface area contributed by atoms with Crippen LogP contribution in [0, 0.1) is 5.92 Å². The molecule has 2 atom stereocenters. The van der Waals surface area contributed by atoms with Crippen LogP contribution in [-0.4, -0.2) is 111 Å². The second-order valence-corrected chi connectivity index (χ2v) is 15.8. The van der Waals surface area contributed by atoms with E-state index in [0.717, 1.165) is 94.2 Å². The Balaban J connectivity index is 0.803. The first-order valence-corrected chi connectivity index (χ1v) is 19.9. The molecule has 294 valence electrons. The van der Waals surface area contributed by atoms with E-state index in [1.807, 2.05) is 24.4 Å². The van der Waals surface area contributed by atoms with Crippen molar-refractivity contribution in [3.63, 3.8) is 0 Å². The van der Waals surface area contributed by atoms with Crippen molar-refractivity contribution in [3.8, 4) is 0 Å². The number of amides is 4. The van der Waals surface area contributed by atoms with Gasteiger partial charge in [-0.05, 0) is 68.9 Å². The van der Waals surface area contributed by atoms with E-state index < -0.39 is 29.7 Å². The predicted molar refractivity (Wildman–Crippen MR) is 211 cm³/mol. The summed E-state index contributed by atoms with van der Waals surface area (Å²) < 4.78 is 1.69. The van der Waals surface area contributed by atoms with E-state index in [1.54, 1.807) is 29.0 Å². The number of piperidine rings is 1. The third kappa shape index (κ3) is 6.81. The average molecular weight is 773 g/mol. The lowest BCUT2D eigenvalue weighted by Gasteiger charge is -2.37. The second-order valence-electron chi connectivity index (χ2n) is 15.8. The van der Waals surface area contributed by atoms with E-state index in [1.165, 1.54) is 6.92 Å². The van der Waals surface area contributed by atoms with Crippen molar-refractivity contribution in [1.29, 1.82) is 0 Å². The van der Waals surface area contributed by atoms with Crippen LogP contribution in [0.5, 0.6) is 0 Å². The smallest absolute Gasteiger partial charge is 0.264 e. The molecule has 1 saturated carbocycles. The molecule has 4 aromatic rings. The van der Waals surface area contributed by atoms with Gasteiger partial charge in [0.05, 0.1) is 34.3 Å². The molecule has 1 unspecified atom stereocenters. The van der Waals surface area contributed by atoms with Crippen LogP contribution in [0.4, 0.5) is 23.1 Å². The molecule has 5 aliphatic rings. The lowest BCUT2D eigenvalue weighted by molar-refractivity contribution is -0.136. The number of aromatic nitrogens is 4. The minimum atomic E-state index is -0.989. The molecule has 2 N–H and O–H groups in total. The minimum absolute atomic E-state index is 0.00423. The highest BCUT2D eigenvalue weighted by Crippen LogP contribution is 2.37. The molecule has 3 aromatic heterocycles. The van der Waals surface area contributed by atoms with E-state index in [0.29, 0.717) is 39.8 Å². The van der Waals surface area contributed by atoms with Gasteiger partial charge in [-0.25, -0.2) is 9.97 Å². The van der Waals surface area contributed by atoms with E-state index in [-0.39, 0.29) is 35.8 Å². The van der Waals surface area contributed by atoms with E-state index in [9.17, 15) is 28.8 Å². The zero-order valence-electron chi connectivity index (χ0n) is 31.8. The van der Waals surface area contributed by atoms with Crippen LogP contribution >= 0.6 is 0 Å². The molecule has 4 aliphatic heterocycles. The summed E-state index contributed by atoms with van der Waals surface area (Å²) in [4.78, 5) is 98.7. The summed E-state index contributed by atoms with van der Waals surface area (Å²) in [5.41, 5.74) is 2.76. The summed E-state index contributed by atoms with van der Waals surface area (Å²) in [7, 11) is 0. The highest BCUT2D eigenvalue weighted by atomic mass is 16.2. The van der Waals surface area contributed by atoms with E-state index >= 15 is 0 Å². The average Bonchev–Trinajstić information content (AvgIpc) is 3.96. The Morgan fingerprint density at radius 3 is 2.42 bits per heavy atom. The van der Waals surface area contributed by atoms with Crippen molar-refractivity contribution >= 4 is 63.6 Å². The monoisotopic (exact) mass is 772 g/mol. The Hall–Kier alpha value is -6.03. The molecular weight excluding hydrogens is 729 g/mol. The van der Waals surface area contributed by atoms with Crippen LogP contribution < -0.4 is 26.0 Å². The number of carbonyl (C=O) groups excluding carboxylic acids is 5. The fourth-order valence-corrected chi connectivity index (χ4v) is 9.21. The van der Waals surface area contributed by atoms with E-state index in [4.69, 9.17) is 4.98 Å². The largest absolute Gasteiger partial charge is 0.371 e. The summed E-state index contributed by atoms with van der Waals surface area (Å²) >= 11 is 0. The summed E-state index contributed by atoms with van der Waals surface area (Å²) in [5.74, 6) is -0.939. The van der Waals surface area contributed by atoms with Crippen molar-refractivity contribution < 1.29 is 24.0 Å². The van der Waals surface area contributed by atoms with Gasteiger partial charge in [-0.1, -0.05) is 18.9 Å². The molecule has 7 heterocycles. The number of pyridine rings is 2. The Morgan fingerprint density at radius 2 is 1.68 bits per heavy atom. The van der Waals surface area contributed by atoms with Crippen LogP contribution in [0.15, 0.2) is 53.6 Å². The van der Waals surface area contributed by atoms with Crippen molar-refractivity contribution in [2.45, 2.75) is 64.0 Å². The number of rotatable bonds is 9. The molecule has 0 radical (unpaired) electrons. The number of anilines is 4. The normalized spacial score (nSPS) is 21.8. The molecule has 0 spiro atoms. The molecule has 4 amide bonds. The van der Waals surface area contributed by atoms with Crippen LogP contribution in [-0.2, 0) is 9.59 Å². The molecule has 9 rings (SSSR count). The Labute approximate surface area is 328 Å². The van der Waals surface area contributed by atoms with Gasteiger partial charge in [0.1, 0.15) is 17.5 Å². The third-order valence-electron chi connectivity index (χ3n) is 12.2. The maximum absolute atomic E-state index is 13.7. The number of nitrogens with zero attached hydrogens (tertiary/aromatic N) is 8. The predicted octanol–water partition coefficient (Wildman–Crippen LogP) is 3.30. The van der Waals surface area contributed by atoms with Gasteiger partial charge in [0.25, 0.3) is 17.4 Å². The zero-order chi connectivity index (χ0) is 39.4. The van der Waals surface area contributed by atoms with Crippen LogP contribution in [0.2, 0.25) is 0 Å². The number of nitrogens with one attached hydrogen (secondary N) is 2. The molecule has 1 aliphatic carbocycles. The first kappa shape index (κ1) is 36.6. The van der Waals surface area contributed by atoms with Crippen LogP contribution in [0.3, 0.4) is 0 Å². The van der Waals surface area contributed by atoms with Gasteiger partial charge < -0.3 is 15.1 Å². The second kappa shape index (κ2) is 14.8. The molecule has 4 fully saturated rings. The van der Waals surface area contributed by atoms with Crippen molar-refractivity contribution in [2.75, 3.05) is 60.9 Å². The number of carbonyl (C=O) groups is 5. The van der Waals surface area contributed by atoms with Gasteiger partial charge >= 0.3 is 0 Å². The number of Topliss-reactive ketones (excluding diaryl/α,β-unsaturated/α-hetero) is 1. The lowest BCUT2D eigenvalue weighted by Crippen LogP contribution is -2.54. The number of hydrogen-bond donors (Lipinski definition) is 2. The first-order chi connectivity index (χ1) is 27.6. The SMILES string of the molecule is CC(=O)c1cc2cnc(Nc3ccc(N4CCN(C[C@H]5CCN(c6cccc7c6C(=O)N(C6CCC(=O)NC6=O)C7=O)C5)CC4)cn3)nc2n(C2CCCC2)c1=O. The lowest BCUT2D eigenvalue weighted by atomic mass is 10.0.